The zero-order valence-electron chi connectivity index (χ0n) is 11.8. The van der Waals surface area contributed by atoms with Crippen LogP contribution in [0.25, 0.3) is 0 Å². The molecule has 0 bridgehead atoms. The van der Waals surface area contributed by atoms with E-state index >= 15 is 0 Å². The molecule has 1 fully saturated rings. The standard InChI is InChI=1S/C18H20O2/c1-20-16-9-5-6-14(12-16)13-17(19)18(10-11-18)15-7-3-2-4-8-15/h2-9,12,17,19H,10-11,13H2,1H3. The smallest absolute Gasteiger partial charge is 0.119 e. The van der Waals surface area contributed by atoms with E-state index in [-0.39, 0.29) is 11.5 Å². The zero-order chi connectivity index (χ0) is 14.0. The van der Waals surface area contributed by atoms with E-state index in [2.05, 4.69) is 12.1 Å². The van der Waals surface area contributed by atoms with Crippen LogP contribution in [0.5, 0.6) is 5.75 Å². The van der Waals surface area contributed by atoms with Crippen molar-refractivity contribution < 1.29 is 9.84 Å². The van der Waals surface area contributed by atoms with Crippen LogP contribution in [-0.2, 0) is 11.8 Å². The highest BCUT2D eigenvalue weighted by molar-refractivity contribution is 5.35. The van der Waals surface area contributed by atoms with Crippen LogP contribution >= 0.6 is 0 Å². The van der Waals surface area contributed by atoms with Crippen LogP contribution in [-0.4, -0.2) is 18.3 Å². The summed E-state index contributed by atoms with van der Waals surface area (Å²) >= 11 is 0. The number of aliphatic hydroxyl groups is 1. The molecule has 2 heteroatoms. The molecule has 1 aliphatic carbocycles. The summed E-state index contributed by atoms with van der Waals surface area (Å²) in [5.74, 6) is 0.847. The van der Waals surface area contributed by atoms with Crippen LogP contribution in [0.1, 0.15) is 24.0 Å². The highest BCUT2D eigenvalue weighted by atomic mass is 16.5. The lowest BCUT2D eigenvalue weighted by molar-refractivity contribution is 0.131. The second-order valence-corrected chi connectivity index (χ2v) is 5.59. The third-order valence-corrected chi connectivity index (χ3v) is 4.34. The van der Waals surface area contributed by atoms with Crippen LogP contribution in [0, 0.1) is 0 Å². The molecule has 1 aliphatic rings. The van der Waals surface area contributed by atoms with E-state index in [9.17, 15) is 5.11 Å². The van der Waals surface area contributed by atoms with Crippen LogP contribution in [0.15, 0.2) is 54.6 Å². The number of methoxy groups -OCH3 is 1. The molecular weight excluding hydrogens is 248 g/mol. The normalized spacial score (nSPS) is 17.5. The van der Waals surface area contributed by atoms with Crippen molar-refractivity contribution in [2.24, 2.45) is 0 Å². The van der Waals surface area contributed by atoms with Gasteiger partial charge in [0.15, 0.2) is 0 Å². The van der Waals surface area contributed by atoms with Gasteiger partial charge in [0.25, 0.3) is 0 Å². The molecule has 1 atom stereocenters. The molecule has 0 radical (unpaired) electrons. The molecular formula is C18H20O2. The van der Waals surface area contributed by atoms with Gasteiger partial charge in [0, 0.05) is 5.41 Å². The summed E-state index contributed by atoms with van der Waals surface area (Å²) in [5, 5.41) is 10.7. The quantitative estimate of drug-likeness (QED) is 0.901. The molecule has 1 saturated carbocycles. The average Bonchev–Trinajstić information content (AvgIpc) is 3.30. The lowest BCUT2D eigenvalue weighted by Gasteiger charge is -2.23. The van der Waals surface area contributed by atoms with E-state index in [4.69, 9.17) is 4.74 Å². The first-order valence-electron chi connectivity index (χ1n) is 7.11. The van der Waals surface area contributed by atoms with Gasteiger partial charge in [-0.05, 0) is 42.5 Å². The van der Waals surface area contributed by atoms with Crippen molar-refractivity contribution in [2.75, 3.05) is 7.11 Å². The first-order valence-corrected chi connectivity index (χ1v) is 7.11. The van der Waals surface area contributed by atoms with Gasteiger partial charge >= 0.3 is 0 Å². The molecule has 2 aromatic carbocycles. The maximum absolute atomic E-state index is 10.7. The van der Waals surface area contributed by atoms with Gasteiger partial charge in [-0.2, -0.15) is 0 Å². The first kappa shape index (κ1) is 13.2. The SMILES string of the molecule is COc1cccc(CC(O)C2(c3ccccc3)CC2)c1. The molecule has 0 saturated heterocycles. The molecule has 0 amide bonds. The van der Waals surface area contributed by atoms with Crippen LogP contribution in [0.4, 0.5) is 0 Å². The number of aliphatic hydroxyl groups excluding tert-OH is 1. The van der Waals surface area contributed by atoms with Crippen molar-refractivity contribution >= 4 is 0 Å². The lowest BCUT2D eigenvalue weighted by Crippen LogP contribution is -2.28. The third-order valence-electron chi connectivity index (χ3n) is 4.34. The first-order chi connectivity index (χ1) is 9.74. The molecule has 0 aliphatic heterocycles. The fraction of sp³-hybridized carbons (Fsp3) is 0.333. The number of benzene rings is 2. The molecule has 0 heterocycles. The fourth-order valence-corrected chi connectivity index (χ4v) is 2.94. The van der Waals surface area contributed by atoms with Gasteiger partial charge in [0.05, 0.1) is 13.2 Å². The second kappa shape index (κ2) is 5.29. The maximum Gasteiger partial charge on any atom is 0.119 e. The summed E-state index contributed by atoms with van der Waals surface area (Å²) in [6.45, 7) is 0. The number of rotatable bonds is 5. The summed E-state index contributed by atoms with van der Waals surface area (Å²) in [4.78, 5) is 0. The van der Waals surface area contributed by atoms with Crippen molar-refractivity contribution in [1.82, 2.24) is 0 Å². The van der Waals surface area contributed by atoms with Crippen LogP contribution in [0.2, 0.25) is 0 Å². The molecule has 0 spiro atoms. The van der Waals surface area contributed by atoms with Gasteiger partial charge in [-0.25, -0.2) is 0 Å². The fourth-order valence-electron chi connectivity index (χ4n) is 2.94. The number of hydrogen-bond donors (Lipinski definition) is 1. The summed E-state index contributed by atoms with van der Waals surface area (Å²) in [6.07, 6.45) is 2.48. The zero-order valence-corrected chi connectivity index (χ0v) is 11.8. The average molecular weight is 268 g/mol. The molecule has 0 aromatic heterocycles. The van der Waals surface area contributed by atoms with Gasteiger partial charge < -0.3 is 9.84 Å². The van der Waals surface area contributed by atoms with E-state index in [0.29, 0.717) is 6.42 Å². The van der Waals surface area contributed by atoms with Gasteiger partial charge in [0.1, 0.15) is 5.75 Å². The van der Waals surface area contributed by atoms with Crippen molar-refractivity contribution in [3.8, 4) is 5.75 Å². The Hall–Kier alpha value is -1.80. The Labute approximate surface area is 120 Å². The minimum Gasteiger partial charge on any atom is -0.497 e. The van der Waals surface area contributed by atoms with Gasteiger partial charge in [-0.3, -0.25) is 0 Å². The molecule has 104 valence electrons. The molecule has 3 rings (SSSR count). The number of ether oxygens (including phenoxy) is 1. The minimum atomic E-state index is -0.336. The lowest BCUT2D eigenvalue weighted by atomic mass is 9.86. The molecule has 2 aromatic rings. The summed E-state index contributed by atoms with van der Waals surface area (Å²) < 4.78 is 5.24. The number of hydrogen-bond acceptors (Lipinski definition) is 2. The minimum absolute atomic E-state index is 0.0374. The predicted molar refractivity (Wildman–Crippen MR) is 80.1 cm³/mol. The van der Waals surface area contributed by atoms with Crippen LogP contribution < -0.4 is 4.74 Å². The second-order valence-electron chi connectivity index (χ2n) is 5.59. The Morgan fingerprint density at radius 3 is 2.50 bits per heavy atom. The topological polar surface area (TPSA) is 29.5 Å². The Balaban J connectivity index is 1.78. The Bertz CT molecular complexity index is 573. The van der Waals surface area contributed by atoms with Crippen molar-refractivity contribution in [3.63, 3.8) is 0 Å². The highest BCUT2D eigenvalue weighted by Crippen LogP contribution is 2.51. The van der Waals surface area contributed by atoms with E-state index in [1.54, 1.807) is 7.11 Å². The van der Waals surface area contributed by atoms with E-state index in [1.807, 2.05) is 42.5 Å². The summed E-state index contributed by atoms with van der Waals surface area (Å²) in [7, 11) is 1.67. The molecule has 1 N–H and O–H groups in total. The Morgan fingerprint density at radius 2 is 1.85 bits per heavy atom. The van der Waals surface area contributed by atoms with Gasteiger partial charge in [0.2, 0.25) is 0 Å². The van der Waals surface area contributed by atoms with Gasteiger partial charge in [-0.15, -0.1) is 0 Å². The van der Waals surface area contributed by atoms with Crippen LogP contribution in [0.3, 0.4) is 0 Å². The summed E-state index contributed by atoms with van der Waals surface area (Å²) in [6, 6.07) is 18.3. The largest absolute Gasteiger partial charge is 0.497 e. The predicted octanol–water partition coefficient (Wildman–Crippen LogP) is 3.33. The van der Waals surface area contributed by atoms with Crippen molar-refractivity contribution in [3.05, 3.63) is 65.7 Å². The van der Waals surface area contributed by atoms with E-state index in [0.717, 1.165) is 24.2 Å². The Kier molecular flexibility index (Phi) is 3.49. The molecule has 20 heavy (non-hydrogen) atoms. The highest BCUT2D eigenvalue weighted by Gasteiger charge is 2.49. The maximum atomic E-state index is 10.7. The van der Waals surface area contributed by atoms with Gasteiger partial charge in [-0.1, -0.05) is 42.5 Å². The van der Waals surface area contributed by atoms with E-state index < -0.39 is 0 Å². The Morgan fingerprint density at radius 1 is 1.10 bits per heavy atom. The van der Waals surface area contributed by atoms with Crippen molar-refractivity contribution in [2.45, 2.75) is 30.8 Å². The summed E-state index contributed by atoms with van der Waals surface area (Å²) in [5.41, 5.74) is 2.35. The molecule has 1 unspecified atom stereocenters. The third kappa shape index (κ3) is 2.44. The molecule has 2 nitrogen and oxygen atoms in total. The van der Waals surface area contributed by atoms with Crippen molar-refractivity contribution in [1.29, 1.82) is 0 Å². The van der Waals surface area contributed by atoms with E-state index in [1.165, 1.54) is 5.56 Å². The monoisotopic (exact) mass is 268 g/mol.